The Morgan fingerprint density at radius 1 is 1.21 bits per heavy atom. The smallest absolute Gasteiger partial charge is 0.279 e. The van der Waals surface area contributed by atoms with Crippen LogP contribution >= 0.6 is 0 Å². The highest BCUT2D eigenvalue weighted by Crippen LogP contribution is 2.25. The van der Waals surface area contributed by atoms with Crippen LogP contribution in [-0.2, 0) is 10.2 Å². The molecule has 0 aromatic heterocycles. The van der Waals surface area contributed by atoms with Crippen LogP contribution in [-0.4, -0.2) is 44.4 Å². The molecular weight excluding hydrogens is 262 g/mol. The highest BCUT2D eigenvalue weighted by Gasteiger charge is 2.36. The Hall–Kier alpha value is -0.170. The van der Waals surface area contributed by atoms with E-state index in [2.05, 4.69) is 23.9 Å². The van der Waals surface area contributed by atoms with Crippen LogP contribution in [0.2, 0.25) is 0 Å². The van der Waals surface area contributed by atoms with Crippen LogP contribution in [0.25, 0.3) is 0 Å². The zero-order chi connectivity index (χ0) is 13.9. The molecule has 2 atom stereocenters. The van der Waals surface area contributed by atoms with Gasteiger partial charge < -0.3 is 5.32 Å². The van der Waals surface area contributed by atoms with E-state index in [4.69, 9.17) is 0 Å². The zero-order valence-electron chi connectivity index (χ0n) is 12.1. The summed E-state index contributed by atoms with van der Waals surface area (Å²) in [5.41, 5.74) is 0. The Kier molecular flexibility index (Phi) is 5.22. The van der Waals surface area contributed by atoms with Gasteiger partial charge in [-0.2, -0.15) is 17.4 Å². The average Bonchev–Trinajstić information content (AvgIpc) is 3.19. The summed E-state index contributed by atoms with van der Waals surface area (Å²) in [4.78, 5) is 0. The van der Waals surface area contributed by atoms with E-state index in [9.17, 15) is 8.42 Å². The number of rotatable bonds is 7. The molecule has 0 radical (unpaired) electrons. The molecule has 19 heavy (non-hydrogen) atoms. The Bertz CT molecular complexity index is 381. The van der Waals surface area contributed by atoms with Crippen molar-refractivity contribution in [2.24, 2.45) is 5.92 Å². The molecule has 0 amide bonds. The first-order valence-corrected chi connectivity index (χ1v) is 9.01. The average molecular weight is 289 g/mol. The quantitative estimate of drug-likeness (QED) is 0.737. The molecule has 2 N–H and O–H groups in total. The van der Waals surface area contributed by atoms with Crippen molar-refractivity contribution in [3.05, 3.63) is 0 Å². The topological polar surface area (TPSA) is 61.4 Å². The summed E-state index contributed by atoms with van der Waals surface area (Å²) in [7, 11) is -3.25. The fraction of sp³-hybridized carbons (Fsp3) is 1.00. The molecule has 2 unspecified atom stereocenters. The van der Waals surface area contributed by atoms with Crippen LogP contribution in [0.3, 0.4) is 0 Å². The van der Waals surface area contributed by atoms with Crippen LogP contribution in [0.1, 0.15) is 46.0 Å². The van der Waals surface area contributed by atoms with Crippen molar-refractivity contribution in [2.75, 3.05) is 19.6 Å². The number of nitrogens with zero attached hydrogens (tertiary/aromatic N) is 1. The van der Waals surface area contributed by atoms with Gasteiger partial charge in [-0.15, -0.1) is 0 Å². The lowest BCUT2D eigenvalue weighted by Crippen LogP contribution is -2.53. The Balaban J connectivity index is 1.91. The molecule has 1 saturated carbocycles. The molecule has 1 heterocycles. The van der Waals surface area contributed by atoms with Gasteiger partial charge in [0.15, 0.2) is 0 Å². The molecule has 0 spiro atoms. The lowest BCUT2D eigenvalue weighted by atomic mass is 9.91. The maximum absolute atomic E-state index is 12.2. The van der Waals surface area contributed by atoms with Crippen LogP contribution in [0.4, 0.5) is 0 Å². The summed E-state index contributed by atoms with van der Waals surface area (Å²) in [5.74, 6) is 0.427. The molecule has 112 valence electrons. The van der Waals surface area contributed by atoms with Gasteiger partial charge in [0.2, 0.25) is 0 Å². The van der Waals surface area contributed by atoms with Gasteiger partial charge in [0, 0.05) is 25.2 Å². The number of nitrogens with one attached hydrogen (secondary N) is 2. The Morgan fingerprint density at radius 2 is 1.95 bits per heavy atom. The first-order valence-electron chi connectivity index (χ1n) is 7.57. The van der Waals surface area contributed by atoms with Gasteiger partial charge in [0.05, 0.1) is 0 Å². The predicted molar refractivity (Wildman–Crippen MR) is 77.1 cm³/mol. The molecule has 2 fully saturated rings. The van der Waals surface area contributed by atoms with E-state index in [1.807, 2.05) is 0 Å². The molecule has 0 aromatic rings. The van der Waals surface area contributed by atoms with Crippen molar-refractivity contribution in [1.29, 1.82) is 0 Å². The summed E-state index contributed by atoms with van der Waals surface area (Å²) < 4.78 is 28.8. The second kappa shape index (κ2) is 6.52. The summed E-state index contributed by atoms with van der Waals surface area (Å²) >= 11 is 0. The predicted octanol–water partition coefficient (Wildman–Crippen LogP) is 1.08. The maximum Gasteiger partial charge on any atom is 0.279 e. The normalized spacial score (nSPS) is 29.6. The van der Waals surface area contributed by atoms with Crippen molar-refractivity contribution in [3.63, 3.8) is 0 Å². The fourth-order valence-electron chi connectivity index (χ4n) is 2.72. The lowest BCUT2D eigenvalue weighted by molar-refractivity contribution is 0.201. The minimum atomic E-state index is -3.25. The number of piperidine rings is 1. The van der Waals surface area contributed by atoms with Crippen molar-refractivity contribution in [2.45, 2.75) is 58.0 Å². The van der Waals surface area contributed by atoms with E-state index in [-0.39, 0.29) is 6.04 Å². The molecular formula is C13H27N3O2S. The minimum absolute atomic E-state index is 0.195. The Labute approximate surface area is 117 Å². The van der Waals surface area contributed by atoms with E-state index < -0.39 is 10.2 Å². The van der Waals surface area contributed by atoms with E-state index in [0.717, 1.165) is 38.6 Å². The van der Waals surface area contributed by atoms with Crippen molar-refractivity contribution < 1.29 is 8.42 Å². The van der Waals surface area contributed by atoms with Gasteiger partial charge in [-0.1, -0.05) is 20.3 Å². The standard InChI is InChI=1S/C13H27N3O2S/c1-3-8-14-13-7-9-16(10-11(13)4-2)19(17,18)15-12-5-6-12/h11-15H,3-10H2,1-2H3. The second-order valence-corrected chi connectivity index (χ2v) is 7.48. The number of hydrogen-bond acceptors (Lipinski definition) is 3. The first kappa shape index (κ1) is 15.2. The van der Waals surface area contributed by atoms with Crippen LogP contribution in [0, 0.1) is 5.92 Å². The molecule has 5 nitrogen and oxygen atoms in total. The highest BCUT2D eigenvalue weighted by atomic mass is 32.2. The Morgan fingerprint density at radius 3 is 2.53 bits per heavy atom. The second-order valence-electron chi connectivity index (χ2n) is 5.77. The first-order chi connectivity index (χ1) is 9.06. The van der Waals surface area contributed by atoms with E-state index in [1.165, 1.54) is 0 Å². The zero-order valence-corrected chi connectivity index (χ0v) is 12.9. The number of hydrogen-bond donors (Lipinski definition) is 2. The molecule has 1 aliphatic carbocycles. The summed E-state index contributed by atoms with van der Waals surface area (Å²) in [6.45, 7) is 6.62. The van der Waals surface area contributed by atoms with Crippen LogP contribution < -0.4 is 10.0 Å². The van der Waals surface area contributed by atoms with E-state index in [1.54, 1.807) is 4.31 Å². The highest BCUT2D eigenvalue weighted by molar-refractivity contribution is 7.87. The van der Waals surface area contributed by atoms with Crippen molar-refractivity contribution >= 4 is 10.2 Å². The summed E-state index contributed by atoms with van der Waals surface area (Å²) in [6, 6.07) is 0.665. The van der Waals surface area contributed by atoms with Crippen LogP contribution in [0.5, 0.6) is 0 Å². The fourth-order valence-corrected chi connectivity index (χ4v) is 4.26. The maximum atomic E-state index is 12.2. The van der Waals surface area contributed by atoms with Gasteiger partial charge in [0.1, 0.15) is 0 Å². The van der Waals surface area contributed by atoms with E-state index in [0.29, 0.717) is 25.0 Å². The van der Waals surface area contributed by atoms with Crippen molar-refractivity contribution in [1.82, 2.24) is 14.3 Å². The molecule has 0 aromatic carbocycles. The summed E-state index contributed by atoms with van der Waals surface area (Å²) in [6.07, 6.45) is 5.05. The minimum Gasteiger partial charge on any atom is -0.314 e. The van der Waals surface area contributed by atoms with Gasteiger partial charge in [-0.3, -0.25) is 0 Å². The molecule has 1 aliphatic heterocycles. The third kappa shape index (κ3) is 4.15. The van der Waals surface area contributed by atoms with Gasteiger partial charge in [0.25, 0.3) is 10.2 Å². The largest absolute Gasteiger partial charge is 0.314 e. The van der Waals surface area contributed by atoms with E-state index >= 15 is 0 Å². The van der Waals surface area contributed by atoms with Gasteiger partial charge in [-0.05, 0) is 38.1 Å². The molecule has 0 bridgehead atoms. The van der Waals surface area contributed by atoms with Gasteiger partial charge >= 0.3 is 0 Å². The monoisotopic (exact) mass is 289 g/mol. The third-order valence-electron chi connectivity index (χ3n) is 4.11. The molecule has 1 saturated heterocycles. The van der Waals surface area contributed by atoms with Crippen LogP contribution in [0.15, 0.2) is 0 Å². The summed E-state index contributed by atoms with van der Waals surface area (Å²) in [5, 5.41) is 3.56. The lowest BCUT2D eigenvalue weighted by Gasteiger charge is -2.38. The molecule has 2 rings (SSSR count). The SMILES string of the molecule is CCCNC1CCN(S(=O)(=O)NC2CC2)CC1CC. The van der Waals surface area contributed by atoms with Crippen molar-refractivity contribution in [3.8, 4) is 0 Å². The molecule has 6 heteroatoms. The third-order valence-corrected chi connectivity index (χ3v) is 5.75. The van der Waals surface area contributed by atoms with Gasteiger partial charge in [-0.25, -0.2) is 0 Å². The molecule has 2 aliphatic rings.